The molecule has 0 heterocycles. The zero-order valence-corrected chi connectivity index (χ0v) is 19.1. The molecule has 0 aromatic heterocycles. The van der Waals surface area contributed by atoms with E-state index in [2.05, 4.69) is 10.0 Å². The molecular weight excluding hydrogens is 455 g/mol. The van der Waals surface area contributed by atoms with Gasteiger partial charge in [-0.15, -0.1) is 0 Å². The van der Waals surface area contributed by atoms with Crippen molar-refractivity contribution in [2.24, 2.45) is 0 Å². The molecule has 0 fully saturated rings. The van der Waals surface area contributed by atoms with Gasteiger partial charge in [-0.1, -0.05) is 65.7 Å². The van der Waals surface area contributed by atoms with Crippen LogP contribution in [0.1, 0.15) is 24.1 Å². The smallest absolute Gasteiger partial charge is 0.241 e. The Morgan fingerprint density at radius 1 is 0.871 bits per heavy atom. The molecule has 162 valence electrons. The van der Waals surface area contributed by atoms with Crippen molar-refractivity contribution in [3.63, 3.8) is 0 Å². The average molecular weight is 477 g/mol. The summed E-state index contributed by atoms with van der Waals surface area (Å²) in [6, 6.07) is 20.8. The summed E-state index contributed by atoms with van der Waals surface area (Å²) in [7, 11) is -3.93. The lowest BCUT2D eigenvalue weighted by atomic mass is 10.0. The molecule has 0 saturated heterocycles. The van der Waals surface area contributed by atoms with Gasteiger partial charge in [0.1, 0.15) is 6.04 Å². The number of sulfonamides is 1. The van der Waals surface area contributed by atoms with E-state index in [0.717, 1.165) is 11.1 Å². The molecule has 0 radical (unpaired) electrons. The molecule has 5 nitrogen and oxygen atoms in total. The Hall–Kier alpha value is -2.38. The monoisotopic (exact) mass is 476 g/mol. The minimum atomic E-state index is -3.93. The lowest BCUT2D eigenvalue weighted by Gasteiger charge is -2.22. The summed E-state index contributed by atoms with van der Waals surface area (Å²) in [5.74, 6) is -0.427. The van der Waals surface area contributed by atoms with Gasteiger partial charge in [-0.3, -0.25) is 4.79 Å². The Balaban J connectivity index is 1.82. The number of nitrogens with one attached hydrogen (secondary N) is 2. The zero-order valence-electron chi connectivity index (χ0n) is 16.8. The van der Waals surface area contributed by atoms with Crippen molar-refractivity contribution in [2.45, 2.75) is 30.3 Å². The Labute approximate surface area is 192 Å². The van der Waals surface area contributed by atoms with Crippen LogP contribution in [0.15, 0.2) is 83.8 Å². The average Bonchev–Trinajstić information content (AvgIpc) is 2.74. The Kier molecular flexibility index (Phi) is 7.73. The second-order valence-corrected chi connectivity index (χ2v) is 9.69. The van der Waals surface area contributed by atoms with E-state index in [0.29, 0.717) is 10.0 Å². The first-order valence-electron chi connectivity index (χ1n) is 9.62. The molecule has 31 heavy (non-hydrogen) atoms. The highest BCUT2D eigenvalue weighted by molar-refractivity contribution is 7.89. The largest absolute Gasteiger partial charge is 0.348 e. The van der Waals surface area contributed by atoms with E-state index in [9.17, 15) is 13.2 Å². The van der Waals surface area contributed by atoms with Gasteiger partial charge in [0.2, 0.25) is 15.9 Å². The molecule has 0 aliphatic rings. The Bertz CT molecular complexity index is 1120. The van der Waals surface area contributed by atoms with E-state index in [1.807, 2.05) is 49.4 Å². The molecule has 3 aromatic rings. The highest BCUT2D eigenvalue weighted by atomic mass is 35.5. The summed E-state index contributed by atoms with van der Waals surface area (Å²) in [4.78, 5) is 13.1. The highest BCUT2D eigenvalue weighted by Crippen LogP contribution is 2.18. The SMILES string of the molecule is C[C@@H](NC(=O)[C@@H](Cc1ccccc1)NS(=O)(=O)c1ccc(Cl)cc1)c1ccc(Cl)cc1. The predicted octanol–water partition coefficient (Wildman–Crippen LogP) is 4.76. The molecule has 0 aliphatic heterocycles. The first-order chi connectivity index (χ1) is 14.7. The van der Waals surface area contributed by atoms with Crippen LogP contribution in [0.5, 0.6) is 0 Å². The molecule has 0 saturated carbocycles. The maximum absolute atomic E-state index is 13.1. The van der Waals surface area contributed by atoms with Gasteiger partial charge in [0, 0.05) is 10.0 Å². The van der Waals surface area contributed by atoms with Gasteiger partial charge in [0.25, 0.3) is 0 Å². The van der Waals surface area contributed by atoms with Gasteiger partial charge in [-0.05, 0) is 60.9 Å². The Morgan fingerprint density at radius 2 is 1.42 bits per heavy atom. The Morgan fingerprint density at radius 3 is 2.00 bits per heavy atom. The van der Waals surface area contributed by atoms with Crippen molar-refractivity contribution in [1.29, 1.82) is 0 Å². The number of hydrogen-bond donors (Lipinski definition) is 2. The maximum atomic E-state index is 13.1. The standard InChI is InChI=1S/C23H22Cl2N2O3S/c1-16(18-7-9-19(24)10-8-18)26-23(28)22(15-17-5-3-2-4-6-17)27-31(29,30)21-13-11-20(25)12-14-21/h2-14,16,22,27H,15H2,1H3,(H,26,28)/t16-,22-/m1/s1. The van der Waals surface area contributed by atoms with Crippen molar-refractivity contribution in [1.82, 2.24) is 10.0 Å². The first-order valence-corrected chi connectivity index (χ1v) is 11.9. The van der Waals surface area contributed by atoms with E-state index < -0.39 is 22.0 Å². The second-order valence-electron chi connectivity index (χ2n) is 7.10. The van der Waals surface area contributed by atoms with E-state index >= 15 is 0 Å². The molecule has 3 rings (SSSR count). The summed E-state index contributed by atoms with van der Waals surface area (Å²) in [6.45, 7) is 1.83. The van der Waals surface area contributed by atoms with Crippen LogP contribution >= 0.6 is 23.2 Å². The topological polar surface area (TPSA) is 75.3 Å². The van der Waals surface area contributed by atoms with Crippen molar-refractivity contribution < 1.29 is 13.2 Å². The van der Waals surface area contributed by atoms with Gasteiger partial charge in [-0.2, -0.15) is 4.72 Å². The summed E-state index contributed by atoms with van der Waals surface area (Å²) < 4.78 is 28.3. The van der Waals surface area contributed by atoms with Gasteiger partial charge in [0.05, 0.1) is 10.9 Å². The quantitative estimate of drug-likeness (QED) is 0.491. The van der Waals surface area contributed by atoms with Crippen molar-refractivity contribution in [2.75, 3.05) is 0 Å². The van der Waals surface area contributed by atoms with Crippen LogP contribution in [-0.2, 0) is 21.2 Å². The summed E-state index contributed by atoms with van der Waals surface area (Å²) in [5.41, 5.74) is 1.69. The van der Waals surface area contributed by atoms with E-state index in [-0.39, 0.29) is 17.4 Å². The fourth-order valence-corrected chi connectivity index (χ4v) is 4.50. The molecule has 2 N–H and O–H groups in total. The fraction of sp³-hybridized carbons (Fsp3) is 0.174. The number of halogens is 2. The molecule has 1 amide bonds. The summed E-state index contributed by atoms with van der Waals surface area (Å²) >= 11 is 11.8. The van der Waals surface area contributed by atoms with Crippen LogP contribution in [-0.4, -0.2) is 20.4 Å². The zero-order chi connectivity index (χ0) is 22.4. The van der Waals surface area contributed by atoms with E-state index in [1.165, 1.54) is 24.3 Å². The van der Waals surface area contributed by atoms with Crippen LogP contribution in [0.2, 0.25) is 10.0 Å². The first kappa shape index (κ1) is 23.3. The van der Waals surface area contributed by atoms with Gasteiger partial charge in [0.15, 0.2) is 0 Å². The van der Waals surface area contributed by atoms with Crippen LogP contribution < -0.4 is 10.0 Å². The number of hydrogen-bond acceptors (Lipinski definition) is 3. The van der Waals surface area contributed by atoms with E-state index in [1.54, 1.807) is 12.1 Å². The minimum absolute atomic E-state index is 0.0357. The predicted molar refractivity (Wildman–Crippen MR) is 124 cm³/mol. The molecule has 0 aliphatic carbocycles. The molecule has 2 atom stereocenters. The second kappa shape index (κ2) is 10.3. The molecular formula is C23H22Cl2N2O3S. The third-order valence-electron chi connectivity index (χ3n) is 4.75. The molecule has 0 spiro atoms. The fourth-order valence-electron chi connectivity index (χ4n) is 3.06. The van der Waals surface area contributed by atoms with Gasteiger partial charge < -0.3 is 5.32 Å². The maximum Gasteiger partial charge on any atom is 0.241 e. The highest BCUT2D eigenvalue weighted by Gasteiger charge is 2.27. The molecule has 3 aromatic carbocycles. The third-order valence-corrected chi connectivity index (χ3v) is 6.74. The van der Waals surface area contributed by atoms with Crippen LogP contribution in [0.3, 0.4) is 0 Å². The number of rotatable bonds is 8. The van der Waals surface area contributed by atoms with Crippen molar-refractivity contribution in [3.8, 4) is 0 Å². The lowest BCUT2D eigenvalue weighted by molar-refractivity contribution is -0.123. The van der Waals surface area contributed by atoms with Gasteiger partial charge in [-0.25, -0.2) is 8.42 Å². The third kappa shape index (κ3) is 6.55. The number of carbonyl (C=O) groups excluding carboxylic acids is 1. The van der Waals surface area contributed by atoms with Crippen LogP contribution in [0.4, 0.5) is 0 Å². The lowest BCUT2D eigenvalue weighted by Crippen LogP contribution is -2.48. The van der Waals surface area contributed by atoms with Crippen molar-refractivity contribution >= 4 is 39.1 Å². The number of benzene rings is 3. The van der Waals surface area contributed by atoms with Crippen LogP contribution in [0, 0.1) is 0 Å². The molecule has 8 heteroatoms. The van der Waals surface area contributed by atoms with Crippen LogP contribution in [0.25, 0.3) is 0 Å². The normalized spacial score (nSPS) is 13.4. The van der Waals surface area contributed by atoms with E-state index in [4.69, 9.17) is 23.2 Å². The minimum Gasteiger partial charge on any atom is -0.348 e. The number of carbonyl (C=O) groups is 1. The van der Waals surface area contributed by atoms with Gasteiger partial charge >= 0.3 is 0 Å². The summed E-state index contributed by atoms with van der Waals surface area (Å²) in [6.07, 6.45) is 0.201. The molecule has 0 bridgehead atoms. The molecule has 0 unspecified atom stereocenters. The summed E-state index contributed by atoms with van der Waals surface area (Å²) in [5, 5.41) is 3.91. The van der Waals surface area contributed by atoms with Crippen molar-refractivity contribution in [3.05, 3.63) is 100 Å². The number of amides is 1.